The summed E-state index contributed by atoms with van der Waals surface area (Å²) >= 11 is 5.50. The molecule has 1 aromatic carbocycles. The quantitative estimate of drug-likeness (QED) is 0.849. The molecule has 2 rings (SSSR count). The Morgan fingerprint density at radius 1 is 1.38 bits per heavy atom. The van der Waals surface area contributed by atoms with Gasteiger partial charge in [0.25, 0.3) is 5.92 Å². The molecule has 0 bridgehead atoms. The van der Waals surface area contributed by atoms with E-state index in [0.717, 1.165) is 18.2 Å². The van der Waals surface area contributed by atoms with E-state index in [1.54, 1.807) is 0 Å². The Morgan fingerprint density at radius 3 is 2.69 bits per heavy atom. The summed E-state index contributed by atoms with van der Waals surface area (Å²) < 4.78 is 40.8. The molecule has 1 unspecified atom stereocenters. The maximum Gasteiger partial charge on any atom is 0.277 e. The van der Waals surface area contributed by atoms with Gasteiger partial charge < -0.3 is 5.32 Å². The normalized spacial score (nSPS) is 21.4. The van der Waals surface area contributed by atoms with Gasteiger partial charge in [-0.15, -0.1) is 0 Å². The molecule has 1 nitrogen and oxygen atoms in total. The third-order valence-corrected chi connectivity index (χ3v) is 3.17. The molecule has 5 heteroatoms. The van der Waals surface area contributed by atoms with E-state index in [9.17, 15) is 13.2 Å². The number of benzene rings is 1. The first-order chi connectivity index (χ1) is 7.51. The molecule has 0 aliphatic carbocycles. The largest absolute Gasteiger partial charge is 0.316 e. The maximum absolute atomic E-state index is 14.0. The van der Waals surface area contributed by atoms with E-state index < -0.39 is 17.7 Å². The summed E-state index contributed by atoms with van der Waals surface area (Å²) in [7, 11) is 0. The standard InChI is InChI=1S/C11H11ClF3N/c12-9-5-7(1-2-10(9)13)11(14,15)8-3-4-16-6-8/h1-2,5,8,16H,3-4,6H2. The van der Waals surface area contributed by atoms with Gasteiger partial charge in [0.1, 0.15) is 5.82 Å². The summed E-state index contributed by atoms with van der Waals surface area (Å²) in [5.41, 5.74) is -0.215. The zero-order valence-corrected chi connectivity index (χ0v) is 9.20. The van der Waals surface area contributed by atoms with Crippen LogP contribution in [0.25, 0.3) is 0 Å². The minimum Gasteiger partial charge on any atom is -0.316 e. The zero-order valence-electron chi connectivity index (χ0n) is 8.44. The van der Waals surface area contributed by atoms with Crippen LogP contribution >= 0.6 is 11.6 Å². The Kier molecular flexibility index (Phi) is 3.13. The van der Waals surface area contributed by atoms with E-state index in [4.69, 9.17) is 11.6 Å². The van der Waals surface area contributed by atoms with Crippen LogP contribution in [0.3, 0.4) is 0 Å². The summed E-state index contributed by atoms with van der Waals surface area (Å²) in [6.07, 6.45) is 0.419. The molecule has 1 aliphatic heterocycles. The molecular formula is C11H11ClF3N. The molecule has 1 N–H and O–H groups in total. The molecule has 1 heterocycles. The summed E-state index contributed by atoms with van der Waals surface area (Å²) in [5.74, 6) is -4.37. The van der Waals surface area contributed by atoms with Crippen LogP contribution in [0.15, 0.2) is 18.2 Å². The highest BCUT2D eigenvalue weighted by Crippen LogP contribution is 2.40. The van der Waals surface area contributed by atoms with Gasteiger partial charge in [-0.25, -0.2) is 13.2 Å². The molecule has 1 aliphatic rings. The molecule has 0 amide bonds. The molecule has 1 aromatic rings. The van der Waals surface area contributed by atoms with Gasteiger partial charge in [-0.2, -0.15) is 0 Å². The lowest BCUT2D eigenvalue weighted by atomic mass is 9.94. The van der Waals surface area contributed by atoms with Crippen molar-refractivity contribution in [2.45, 2.75) is 12.3 Å². The minimum absolute atomic E-state index is 0.215. The summed E-state index contributed by atoms with van der Waals surface area (Å²) in [5, 5.41) is 2.63. The number of hydrogen-bond donors (Lipinski definition) is 1. The number of alkyl halides is 2. The van der Waals surface area contributed by atoms with Gasteiger partial charge in [0.15, 0.2) is 0 Å². The van der Waals surface area contributed by atoms with Crippen LogP contribution in [-0.2, 0) is 5.92 Å². The van der Waals surface area contributed by atoms with Crippen LogP contribution in [0.4, 0.5) is 13.2 Å². The van der Waals surface area contributed by atoms with Crippen molar-refractivity contribution in [2.24, 2.45) is 5.92 Å². The fraction of sp³-hybridized carbons (Fsp3) is 0.455. The van der Waals surface area contributed by atoms with E-state index in [0.29, 0.717) is 13.0 Å². The molecule has 0 saturated carbocycles. The van der Waals surface area contributed by atoms with Gasteiger partial charge in [-0.1, -0.05) is 17.7 Å². The third-order valence-electron chi connectivity index (χ3n) is 2.88. The zero-order chi connectivity index (χ0) is 11.8. The molecule has 0 aromatic heterocycles. The first-order valence-electron chi connectivity index (χ1n) is 5.06. The molecule has 0 radical (unpaired) electrons. The average Bonchev–Trinajstić information content (AvgIpc) is 2.75. The Balaban J connectivity index is 2.30. The van der Waals surface area contributed by atoms with Crippen molar-refractivity contribution in [1.29, 1.82) is 0 Å². The van der Waals surface area contributed by atoms with Gasteiger partial charge in [-0.3, -0.25) is 0 Å². The molecule has 1 fully saturated rings. The van der Waals surface area contributed by atoms with E-state index in [1.807, 2.05) is 0 Å². The second kappa shape index (κ2) is 4.26. The Hall–Kier alpha value is -0.740. The second-order valence-electron chi connectivity index (χ2n) is 3.94. The van der Waals surface area contributed by atoms with Crippen molar-refractivity contribution in [2.75, 3.05) is 13.1 Å². The van der Waals surface area contributed by atoms with Crippen LogP contribution in [0.2, 0.25) is 5.02 Å². The molecule has 88 valence electrons. The molecule has 16 heavy (non-hydrogen) atoms. The van der Waals surface area contributed by atoms with E-state index >= 15 is 0 Å². The predicted octanol–water partition coefficient (Wildman–Crippen LogP) is 3.18. The van der Waals surface area contributed by atoms with Gasteiger partial charge in [0, 0.05) is 18.0 Å². The Morgan fingerprint density at radius 2 is 2.12 bits per heavy atom. The van der Waals surface area contributed by atoms with Crippen molar-refractivity contribution in [1.82, 2.24) is 5.32 Å². The van der Waals surface area contributed by atoms with Gasteiger partial charge in [0.2, 0.25) is 0 Å². The smallest absolute Gasteiger partial charge is 0.277 e. The first-order valence-corrected chi connectivity index (χ1v) is 5.43. The highest BCUT2D eigenvalue weighted by Gasteiger charge is 2.42. The third kappa shape index (κ3) is 2.04. The van der Waals surface area contributed by atoms with Crippen molar-refractivity contribution in [3.8, 4) is 0 Å². The lowest BCUT2D eigenvalue weighted by molar-refractivity contribution is -0.0575. The minimum atomic E-state index is -2.96. The summed E-state index contributed by atoms with van der Waals surface area (Å²) in [4.78, 5) is 0. The molecule has 1 saturated heterocycles. The highest BCUT2D eigenvalue weighted by atomic mass is 35.5. The van der Waals surface area contributed by atoms with Crippen molar-refractivity contribution < 1.29 is 13.2 Å². The van der Waals surface area contributed by atoms with E-state index in [-0.39, 0.29) is 17.1 Å². The fourth-order valence-corrected chi connectivity index (χ4v) is 2.08. The topological polar surface area (TPSA) is 12.0 Å². The monoisotopic (exact) mass is 249 g/mol. The Bertz CT molecular complexity index is 389. The molecule has 1 atom stereocenters. The Labute approximate surface area is 96.6 Å². The maximum atomic E-state index is 14.0. The second-order valence-corrected chi connectivity index (χ2v) is 4.35. The van der Waals surface area contributed by atoms with Crippen molar-refractivity contribution >= 4 is 11.6 Å². The van der Waals surface area contributed by atoms with E-state index in [2.05, 4.69) is 5.32 Å². The van der Waals surface area contributed by atoms with Crippen LogP contribution in [0.5, 0.6) is 0 Å². The summed E-state index contributed by atoms with van der Waals surface area (Å²) in [6.45, 7) is 0.872. The highest BCUT2D eigenvalue weighted by molar-refractivity contribution is 6.30. The number of halogens is 4. The number of hydrogen-bond acceptors (Lipinski definition) is 1. The summed E-state index contributed by atoms with van der Waals surface area (Å²) in [6, 6.07) is 3.09. The van der Waals surface area contributed by atoms with E-state index in [1.165, 1.54) is 0 Å². The van der Waals surface area contributed by atoms with Gasteiger partial charge >= 0.3 is 0 Å². The lowest BCUT2D eigenvalue weighted by Gasteiger charge is -2.23. The van der Waals surface area contributed by atoms with Crippen molar-refractivity contribution in [3.63, 3.8) is 0 Å². The average molecular weight is 250 g/mol. The van der Waals surface area contributed by atoms with Crippen molar-refractivity contribution in [3.05, 3.63) is 34.6 Å². The SMILES string of the molecule is Fc1ccc(C(F)(F)C2CCNC2)cc1Cl. The van der Waals surface area contributed by atoms with Crippen LogP contribution in [-0.4, -0.2) is 13.1 Å². The first kappa shape index (κ1) is 11.7. The predicted molar refractivity (Wildman–Crippen MR) is 56.3 cm³/mol. The van der Waals surface area contributed by atoms with Gasteiger partial charge in [-0.05, 0) is 25.1 Å². The number of rotatable bonds is 2. The fourth-order valence-electron chi connectivity index (χ4n) is 1.90. The van der Waals surface area contributed by atoms with Crippen LogP contribution < -0.4 is 5.32 Å². The van der Waals surface area contributed by atoms with Crippen LogP contribution in [0.1, 0.15) is 12.0 Å². The molecular weight excluding hydrogens is 239 g/mol. The van der Waals surface area contributed by atoms with Crippen LogP contribution in [0, 0.1) is 11.7 Å². The lowest BCUT2D eigenvalue weighted by Crippen LogP contribution is -2.27. The molecule has 0 spiro atoms. The van der Waals surface area contributed by atoms with Gasteiger partial charge in [0.05, 0.1) is 5.02 Å². The number of nitrogens with one attached hydrogen (secondary N) is 1.